The highest BCUT2D eigenvalue weighted by Crippen LogP contribution is 2.42. The van der Waals surface area contributed by atoms with Gasteiger partial charge in [0.25, 0.3) is 0 Å². The van der Waals surface area contributed by atoms with E-state index >= 15 is 0 Å². The fourth-order valence-corrected chi connectivity index (χ4v) is 4.88. The summed E-state index contributed by atoms with van der Waals surface area (Å²) in [5.41, 5.74) is 1.82. The molecule has 1 N–H and O–H groups in total. The number of carboxylic acid groups (broad SMARTS) is 1. The molecule has 0 spiro atoms. The third-order valence-electron chi connectivity index (χ3n) is 5.05. The van der Waals surface area contributed by atoms with Gasteiger partial charge in [0.1, 0.15) is 0 Å². The van der Waals surface area contributed by atoms with Gasteiger partial charge in [0.05, 0.1) is 22.1 Å². The van der Waals surface area contributed by atoms with Gasteiger partial charge in [0.15, 0.2) is 5.13 Å². The zero-order valence-corrected chi connectivity index (χ0v) is 16.2. The van der Waals surface area contributed by atoms with Crippen LogP contribution < -0.4 is 4.90 Å². The summed E-state index contributed by atoms with van der Waals surface area (Å²) >= 11 is 7.41. The van der Waals surface area contributed by atoms with Crippen LogP contribution in [0.5, 0.6) is 0 Å². The SMILES string of the molecule is CN(C(=O)C1(CC(=O)O)Cc2ccccc2C1)c1nc2cc(Cl)ccc2s1. The molecule has 0 aliphatic heterocycles. The van der Waals surface area contributed by atoms with Gasteiger partial charge in [-0.05, 0) is 42.2 Å². The van der Waals surface area contributed by atoms with Crippen LogP contribution >= 0.6 is 22.9 Å². The van der Waals surface area contributed by atoms with E-state index in [4.69, 9.17) is 11.6 Å². The Morgan fingerprint density at radius 3 is 2.52 bits per heavy atom. The number of benzene rings is 2. The van der Waals surface area contributed by atoms with Crippen molar-refractivity contribution < 1.29 is 14.7 Å². The van der Waals surface area contributed by atoms with Gasteiger partial charge in [0, 0.05) is 12.1 Å². The van der Waals surface area contributed by atoms with Gasteiger partial charge in [-0.1, -0.05) is 47.2 Å². The molecule has 138 valence electrons. The fraction of sp³-hybridized carbons (Fsp3) is 0.250. The summed E-state index contributed by atoms with van der Waals surface area (Å²) in [5, 5.41) is 10.6. The fourth-order valence-electron chi connectivity index (χ4n) is 3.81. The van der Waals surface area contributed by atoms with Gasteiger partial charge in [-0.25, -0.2) is 4.98 Å². The first-order valence-electron chi connectivity index (χ1n) is 8.51. The average Bonchev–Trinajstić information content (AvgIpc) is 3.20. The Labute approximate surface area is 165 Å². The standard InChI is InChI=1S/C20H17ClN2O3S/c1-23(19-22-15-8-14(21)6-7-16(15)27-19)18(26)20(11-17(24)25)9-12-4-2-3-5-13(12)10-20/h2-8H,9-11H2,1H3,(H,24,25). The van der Waals surface area contributed by atoms with Crippen molar-refractivity contribution in [1.29, 1.82) is 0 Å². The van der Waals surface area contributed by atoms with E-state index in [-0.39, 0.29) is 12.3 Å². The largest absolute Gasteiger partial charge is 0.481 e. The molecule has 1 aromatic heterocycles. The van der Waals surface area contributed by atoms with Crippen molar-refractivity contribution in [2.45, 2.75) is 19.3 Å². The Morgan fingerprint density at radius 2 is 1.89 bits per heavy atom. The van der Waals surface area contributed by atoms with Crippen molar-refractivity contribution in [2.75, 3.05) is 11.9 Å². The maximum atomic E-state index is 13.4. The number of amides is 1. The number of carbonyl (C=O) groups is 2. The van der Waals surface area contributed by atoms with Crippen LogP contribution in [-0.4, -0.2) is 29.0 Å². The molecule has 7 heteroatoms. The van der Waals surface area contributed by atoms with Gasteiger partial charge in [-0.15, -0.1) is 0 Å². The number of fused-ring (bicyclic) bond motifs is 2. The van der Waals surface area contributed by atoms with Crippen LogP contribution in [-0.2, 0) is 22.4 Å². The molecular weight excluding hydrogens is 384 g/mol. The molecule has 1 heterocycles. The van der Waals surface area contributed by atoms with E-state index in [0.717, 1.165) is 21.3 Å². The molecule has 1 aliphatic rings. The van der Waals surface area contributed by atoms with Crippen molar-refractivity contribution in [3.05, 3.63) is 58.6 Å². The topological polar surface area (TPSA) is 70.5 Å². The second-order valence-electron chi connectivity index (χ2n) is 6.95. The zero-order valence-electron chi connectivity index (χ0n) is 14.6. The first-order valence-corrected chi connectivity index (χ1v) is 9.70. The predicted molar refractivity (Wildman–Crippen MR) is 107 cm³/mol. The highest BCUT2D eigenvalue weighted by molar-refractivity contribution is 7.22. The molecule has 1 aliphatic carbocycles. The van der Waals surface area contributed by atoms with E-state index < -0.39 is 11.4 Å². The summed E-state index contributed by atoms with van der Waals surface area (Å²) in [6, 6.07) is 13.2. The number of aromatic nitrogens is 1. The number of hydrogen-bond acceptors (Lipinski definition) is 4. The summed E-state index contributed by atoms with van der Waals surface area (Å²) in [4.78, 5) is 31.0. The molecule has 0 saturated carbocycles. The maximum Gasteiger partial charge on any atom is 0.304 e. The van der Waals surface area contributed by atoms with Gasteiger partial charge in [0.2, 0.25) is 5.91 Å². The number of aliphatic carboxylic acids is 1. The van der Waals surface area contributed by atoms with Crippen LogP contribution in [0.4, 0.5) is 5.13 Å². The predicted octanol–water partition coefficient (Wildman–Crippen LogP) is 4.17. The lowest BCUT2D eigenvalue weighted by atomic mass is 9.80. The number of carboxylic acids is 1. The molecule has 27 heavy (non-hydrogen) atoms. The number of rotatable bonds is 4. The van der Waals surface area contributed by atoms with Crippen LogP contribution in [0.25, 0.3) is 10.2 Å². The van der Waals surface area contributed by atoms with Gasteiger partial charge < -0.3 is 5.11 Å². The van der Waals surface area contributed by atoms with Crippen molar-refractivity contribution in [2.24, 2.45) is 5.41 Å². The molecule has 0 saturated heterocycles. The molecule has 3 aromatic rings. The minimum Gasteiger partial charge on any atom is -0.481 e. The number of hydrogen-bond donors (Lipinski definition) is 1. The van der Waals surface area contributed by atoms with E-state index in [1.54, 1.807) is 19.2 Å². The lowest BCUT2D eigenvalue weighted by molar-refractivity contribution is -0.144. The Morgan fingerprint density at radius 1 is 1.22 bits per heavy atom. The Kier molecular flexibility index (Phi) is 4.40. The first kappa shape index (κ1) is 17.9. The molecule has 1 amide bonds. The third-order valence-corrected chi connectivity index (χ3v) is 6.40. The van der Waals surface area contributed by atoms with E-state index in [9.17, 15) is 14.7 Å². The Bertz CT molecular complexity index is 1040. The van der Waals surface area contributed by atoms with E-state index in [1.807, 2.05) is 30.3 Å². The Hall–Kier alpha value is -2.44. The van der Waals surface area contributed by atoms with E-state index in [2.05, 4.69) is 4.98 Å². The smallest absolute Gasteiger partial charge is 0.304 e. The van der Waals surface area contributed by atoms with Crippen LogP contribution in [0.1, 0.15) is 17.5 Å². The number of anilines is 1. The molecule has 4 rings (SSSR count). The molecule has 0 atom stereocenters. The molecule has 0 bridgehead atoms. The maximum absolute atomic E-state index is 13.4. The van der Waals surface area contributed by atoms with Gasteiger partial charge >= 0.3 is 5.97 Å². The van der Waals surface area contributed by atoms with E-state index in [1.165, 1.54) is 16.2 Å². The van der Waals surface area contributed by atoms with Crippen LogP contribution in [0.15, 0.2) is 42.5 Å². The lowest BCUT2D eigenvalue weighted by Crippen LogP contribution is -2.44. The molecule has 0 fully saturated rings. The number of thiazole rings is 1. The molecule has 5 nitrogen and oxygen atoms in total. The van der Waals surface area contributed by atoms with Crippen molar-refractivity contribution in [3.8, 4) is 0 Å². The molecule has 2 aromatic carbocycles. The molecule has 0 unspecified atom stereocenters. The highest BCUT2D eigenvalue weighted by Gasteiger charge is 2.47. The van der Waals surface area contributed by atoms with Crippen molar-refractivity contribution >= 4 is 50.2 Å². The molecular formula is C20H17ClN2O3S. The zero-order chi connectivity index (χ0) is 19.2. The Balaban J connectivity index is 1.70. The average molecular weight is 401 g/mol. The lowest BCUT2D eigenvalue weighted by Gasteiger charge is -2.30. The number of carbonyl (C=O) groups excluding carboxylic acids is 1. The van der Waals surface area contributed by atoms with Crippen LogP contribution in [0.3, 0.4) is 0 Å². The summed E-state index contributed by atoms with van der Waals surface area (Å²) < 4.78 is 0.927. The normalized spacial score (nSPS) is 14.9. The van der Waals surface area contributed by atoms with Gasteiger partial charge in [-0.2, -0.15) is 0 Å². The summed E-state index contributed by atoms with van der Waals surface area (Å²) in [5.74, 6) is -1.19. The van der Waals surface area contributed by atoms with Crippen molar-refractivity contribution in [1.82, 2.24) is 4.98 Å². The summed E-state index contributed by atoms with van der Waals surface area (Å²) in [6.07, 6.45) is 0.645. The number of halogens is 1. The monoisotopic (exact) mass is 400 g/mol. The quantitative estimate of drug-likeness (QED) is 0.713. The summed E-state index contributed by atoms with van der Waals surface area (Å²) in [7, 11) is 1.66. The van der Waals surface area contributed by atoms with E-state index in [0.29, 0.717) is 23.0 Å². The first-order chi connectivity index (χ1) is 12.9. The minimum atomic E-state index is -0.986. The van der Waals surface area contributed by atoms with Crippen LogP contribution in [0, 0.1) is 5.41 Å². The highest BCUT2D eigenvalue weighted by atomic mass is 35.5. The summed E-state index contributed by atoms with van der Waals surface area (Å²) in [6.45, 7) is 0. The van der Waals surface area contributed by atoms with Crippen molar-refractivity contribution in [3.63, 3.8) is 0 Å². The van der Waals surface area contributed by atoms with Gasteiger partial charge in [-0.3, -0.25) is 14.5 Å². The molecule has 0 radical (unpaired) electrons. The second-order valence-corrected chi connectivity index (χ2v) is 8.39. The number of nitrogens with zero attached hydrogens (tertiary/aromatic N) is 2. The second kappa shape index (κ2) is 6.62. The third kappa shape index (κ3) is 3.19. The van der Waals surface area contributed by atoms with Crippen LogP contribution in [0.2, 0.25) is 5.02 Å². The minimum absolute atomic E-state index is 0.207.